The van der Waals surface area contributed by atoms with Gasteiger partial charge in [0.2, 0.25) is 5.82 Å². The average molecular weight is 438 g/mol. The van der Waals surface area contributed by atoms with E-state index in [1.54, 1.807) is 0 Å². The van der Waals surface area contributed by atoms with Gasteiger partial charge in [-0.05, 0) is 54.7 Å². The summed E-state index contributed by atoms with van der Waals surface area (Å²) < 4.78 is 5.53. The summed E-state index contributed by atoms with van der Waals surface area (Å²) in [5.74, 6) is 0.985. The Bertz CT molecular complexity index is 1050. The van der Waals surface area contributed by atoms with Crippen molar-refractivity contribution in [2.24, 2.45) is 0 Å². The Hall–Kier alpha value is -2.94. The second kappa shape index (κ2) is 10.1. The van der Waals surface area contributed by atoms with E-state index in [1.807, 2.05) is 24.3 Å². The molecule has 1 aliphatic heterocycles. The van der Waals surface area contributed by atoms with E-state index in [0.29, 0.717) is 23.9 Å². The predicted octanol–water partition coefficient (Wildman–Crippen LogP) is 2.56. The van der Waals surface area contributed by atoms with Gasteiger partial charge in [-0.25, -0.2) is 0 Å². The highest BCUT2D eigenvalue weighted by atomic mass is 16.5. The fourth-order valence-electron chi connectivity index (χ4n) is 4.02. The largest absolute Gasteiger partial charge is 0.397 e. The number of aliphatic hydroxyl groups is 2. The van der Waals surface area contributed by atoms with Gasteiger partial charge in [0.05, 0.1) is 24.1 Å². The fourth-order valence-corrected chi connectivity index (χ4v) is 4.02. The Balaban J connectivity index is 1.49. The molecular formula is C24H31N5O3. The van der Waals surface area contributed by atoms with Gasteiger partial charge in [0.25, 0.3) is 5.89 Å². The summed E-state index contributed by atoms with van der Waals surface area (Å²) in [4.78, 5) is 6.79. The number of nitrogens with zero attached hydrogens (tertiary/aromatic N) is 3. The molecule has 2 heterocycles. The maximum Gasteiger partial charge on any atom is 0.258 e. The number of nitrogens with two attached hydrogens (primary N) is 1. The van der Waals surface area contributed by atoms with Crippen molar-refractivity contribution >= 4 is 11.4 Å². The Morgan fingerprint density at radius 1 is 1.12 bits per heavy atom. The zero-order valence-electron chi connectivity index (χ0n) is 18.4. The molecule has 0 radical (unpaired) electrons. The molecule has 8 heteroatoms. The van der Waals surface area contributed by atoms with E-state index in [9.17, 15) is 5.11 Å². The topological polar surface area (TPSA) is 121 Å². The van der Waals surface area contributed by atoms with E-state index in [1.165, 1.54) is 11.1 Å². The molecule has 3 aromatic rings. The van der Waals surface area contributed by atoms with Crippen LogP contribution in [0.15, 0.2) is 40.9 Å². The van der Waals surface area contributed by atoms with Crippen LogP contribution in [0.25, 0.3) is 22.8 Å². The van der Waals surface area contributed by atoms with Gasteiger partial charge in [-0.2, -0.15) is 4.98 Å². The lowest BCUT2D eigenvalue weighted by molar-refractivity contribution is 0.0605. The van der Waals surface area contributed by atoms with Crippen LogP contribution in [-0.4, -0.2) is 64.1 Å². The second-order valence-corrected chi connectivity index (χ2v) is 8.27. The lowest BCUT2D eigenvalue weighted by atomic mass is 10.00. The predicted molar refractivity (Wildman–Crippen MR) is 125 cm³/mol. The SMILES string of the molecule is CCCNc1ccc(-c2nc(-c3ccc4c(c3)CCN(CC(O)CO)CC4)no2)cc1N. The Morgan fingerprint density at radius 3 is 2.66 bits per heavy atom. The molecule has 170 valence electrons. The van der Waals surface area contributed by atoms with Crippen LogP contribution in [0.4, 0.5) is 11.4 Å². The van der Waals surface area contributed by atoms with Crippen molar-refractivity contribution in [1.82, 2.24) is 15.0 Å². The summed E-state index contributed by atoms with van der Waals surface area (Å²) in [6, 6.07) is 12.0. The van der Waals surface area contributed by atoms with Gasteiger partial charge in [0.15, 0.2) is 0 Å². The molecule has 0 aliphatic carbocycles. The molecule has 0 spiro atoms. The number of hydrogen-bond acceptors (Lipinski definition) is 8. The third-order valence-corrected chi connectivity index (χ3v) is 5.83. The number of rotatable bonds is 8. The number of nitrogens with one attached hydrogen (secondary N) is 1. The van der Waals surface area contributed by atoms with E-state index in [0.717, 1.165) is 55.7 Å². The molecule has 1 unspecified atom stereocenters. The maximum atomic E-state index is 9.75. The molecule has 0 amide bonds. The van der Waals surface area contributed by atoms with E-state index < -0.39 is 6.10 Å². The molecule has 0 saturated carbocycles. The summed E-state index contributed by atoms with van der Waals surface area (Å²) in [5.41, 5.74) is 12.0. The van der Waals surface area contributed by atoms with Gasteiger partial charge >= 0.3 is 0 Å². The van der Waals surface area contributed by atoms with Crippen LogP contribution in [0, 0.1) is 0 Å². The number of anilines is 2. The van der Waals surface area contributed by atoms with Gasteiger partial charge in [-0.3, -0.25) is 0 Å². The number of nitrogen functional groups attached to an aromatic ring is 1. The third kappa shape index (κ3) is 5.09. The quantitative estimate of drug-likeness (QED) is 0.397. The minimum Gasteiger partial charge on any atom is -0.397 e. The average Bonchev–Trinajstić information content (AvgIpc) is 3.22. The van der Waals surface area contributed by atoms with E-state index in [4.69, 9.17) is 15.4 Å². The maximum absolute atomic E-state index is 9.75. The zero-order chi connectivity index (χ0) is 22.5. The highest BCUT2D eigenvalue weighted by Gasteiger charge is 2.18. The molecule has 1 atom stereocenters. The lowest BCUT2D eigenvalue weighted by Crippen LogP contribution is -2.35. The first-order valence-electron chi connectivity index (χ1n) is 11.2. The number of β-amino-alcohol motifs (C(OH)–C–C–N with tert-alkyl or cyclic N) is 1. The summed E-state index contributed by atoms with van der Waals surface area (Å²) in [6.07, 6.45) is 2.10. The summed E-state index contributed by atoms with van der Waals surface area (Å²) in [6.45, 7) is 4.95. The molecule has 8 nitrogen and oxygen atoms in total. The molecule has 1 aromatic heterocycles. The van der Waals surface area contributed by atoms with Crippen molar-refractivity contribution < 1.29 is 14.7 Å². The Morgan fingerprint density at radius 2 is 1.91 bits per heavy atom. The van der Waals surface area contributed by atoms with Crippen LogP contribution in [0.2, 0.25) is 0 Å². The van der Waals surface area contributed by atoms with Crippen molar-refractivity contribution in [3.63, 3.8) is 0 Å². The van der Waals surface area contributed by atoms with Gasteiger partial charge in [0, 0.05) is 37.3 Å². The number of aliphatic hydroxyl groups excluding tert-OH is 2. The molecule has 0 fully saturated rings. The van der Waals surface area contributed by atoms with E-state index >= 15 is 0 Å². The van der Waals surface area contributed by atoms with E-state index in [2.05, 4.69) is 39.4 Å². The summed E-state index contributed by atoms with van der Waals surface area (Å²) in [7, 11) is 0. The highest BCUT2D eigenvalue weighted by molar-refractivity contribution is 5.73. The zero-order valence-corrected chi connectivity index (χ0v) is 18.4. The van der Waals surface area contributed by atoms with Crippen LogP contribution < -0.4 is 11.1 Å². The summed E-state index contributed by atoms with van der Waals surface area (Å²) >= 11 is 0. The Labute approximate surface area is 188 Å². The van der Waals surface area contributed by atoms with Gasteiger partial charge in [0.1, 0.15) is 0 Å². The van der Waals surface area contributed by atoms with Crippen LogP contribution in [0.1, 0.15) is 24.5 Å². The number of fused-ring (bicyclic) bond motifs is 1. The first-order valence-corrected chi connectivity index (χ1v) is 11.2. The molecule has 0 saturated heterocycles. The first-order chi connectivity index (χ1) is 15.6. The van der Waals surface area contributed by atoms with Crippen LogP contribution in [0.5, 0.6) is 0 Å². The van der Waals surface area contributed by atoms with Crippen molar-refractivity contribution in [2.45, 2.75) is 32.3 Å². The smallest absolute Gasteiger partial charge is 0.258 e. The highest BCUT2D eigenvalue weighted by Crippen LogP contribution is 2.29. The van der Waals surface area contributed by atoms with E-state index in [-0.39, 0.29) is 6.61 Å². The molecule has 32 heavy (non-hydrogen) atoms. The minimum atomic E-state index is -0.699. The normalized spacial score (nSPS) is 15.2. The van der Waals surface area contributed by atoms with Crippen LogP contribution in [-0.2, 0) is 12.8 Å². The lowest BCUT2D eigenvalue weighted by Gasteiger charge is -2.21. The van der Waals surface area contributed by atoms with Gasteiger partial charge in [-0.15, -0.1) is 0 Å². The van der Waals surface area contributed by atoms with Crippen molar-refractivity contribution in [3.05, 3.63) is 47.5 Å². The molecule has 1 aliphatic rings. The first kappa shape index (κ1) is 22.3. The molecule has 4 rings (SSSR count). The molecule has 5 N–H and O–H groups in total. The molecule has 0 bridgehead atoms. The fraction of sp³-hybridized carbons (Fsp3) is 0.417. The van der Waals surface area contributed by atoms with Crippen LogP contribution >= 0.6 is 0 Å². The van der Waals surface area contributed by atoms with Gasteiger partial charge in [-0.1, -0.05) is 24.2 Å². The number of hydrogen-bond donors (Lipinski definition) is 4. The number of aromatic nitrogens is 2. The second-order valence-electron chi connectivity index (χ2n) is 8.27. The van der Waals surface area contributed by atoms with Crippen molar-refractivity contribution in [3.8, 4) is 22.8 Å². The van der Waals surface area contributed by atoms with Gasteiger partial charge < -0.3 is 30.7 Å². The minimum absolute atomic E-state index is 0.211. The third-order valence-electron chi connectivity index (χ3n) is 5.83. The Kier molecular flexibility index (Phi) is 7.04. The van der Waals surface area contributed by atoms with Crippen molar-refractivity contribution in [2.75, 3.05) is 43.8 Å². The monoisotopic (exact) mass is 437 g/mol. The number of benzene rings is 2. The van der Waals surface area contributed by atoms with Crippen molar-refractivity contribution in [1.29, 1.82) is 0 Å². The molecular weight excluding hydrogens is 406 g/mol. The molecule has 2 aromatic carbocycles. The van der Waals surface area contributed by atoms with Crippen LogP contribution in [0.3, 0.4) is 0 Å². The summed E-state index contributed by atoms with van der Waals surface area (Å²) in [5, 5.41) is 26.3. The standard InChI is InChI=1S/C24H31N5O3/c1-2-9-26-22-6-5-19(13-21(22)25)24-27-23(28-32-24)18-4-3-16-7-10-29(14-20(31)15-30)11-8-17(16)12-18/h3-6,12-13,20,26,30-31H,2,7-11,14-15,25H2,1H3.